The Morgan fingerprint density at radius 3 is 1.18 bits per heavy atom. The van der Waals surface area contributed by atoms with Crippen LogP contribution < -0.4 is 0 Å². The fourth-order valence-electron chi connectivity index (χ4n) is 2.48. The Labute approximate surface area is 99.3 Å². The summed E-state index contributed by atoms with van der Waals surface area (Å²) in [5, 5.41) is 27.7. The predicted octanol–water partition coefficient (Wildman–Crippen LogP) is 1.44. The number of hydrogen-bond acceptors (Lipinski definition) is 3. The molecule has 0 bridgehead atoms. The molecule has 3 N–H and O–H groups in total. The van der Waals surface area contributed by atoms with Crippen molar-refractivity contribution in [3.8, 4) is 0 Å². The molecule has 0 fully saturated rings. The molecule has 0 spiro atoms. The second kappa shape index (κ2) is 5.16. The SMILES string of the molecule is CCC(CC)(C(=O)O)C(CC)(C(=O)O)C(=O)O. The first-order valence-corrected chi connectivity index (χ1v) is 5.47. The van der Waals surface area contributed by atoms with Crippen molar-refractivity contribution in [2.24, 2.45) is 10.8 Å². The zero-order chi connectivity index (χ0) is 13.9. The number of hydrogen-bond donors (Lipinski definition) is 3. The van der Waals surface area contributed by atoms with Gasteiger partial charge in [-0.3, -0.25) is 14.4 Å². The second-order valence-corrected chi connectivity index (χ2v) is 3.96. The monoisotopic (exact) mass is 246 g/mol. The van der Waals surface area contributed by atoms with Crippen molar-refractivity contribution in [1.82, 2.24) is 0 Å². The Balaban J connectivity index is 6.13. The van der Waals surface area contributed by atoms with Gasteiger partial charge >= 0.3 is 17.9 Å². The van der Waals surface area contributed by atoms with Gasteiger partial charge in [0.2, 0.25) is 0 Å². The van der Waals surface area contributed by atoms with E-state index in [0.717, 1.165) is 0 Å². The van der Waals surface area contributed by atoms with Gasteiger partial charge in [-0.1, -0.05) is 20.8 Å². The zero-order valence-corrected chi connectivity index (χ0v) is 10.2. The predicted molar refractivity (Wildman–Crippen MR) is 58.6 cm³/mol. The van der Waals surface area contributed by atoms with Gasteiger partial charge in [-0.15, -0.1) is 0 Å². The summed E-state index contributed by atoms with van der Waals surface area (Å²) in [6.45, 7) is 4.37. The molecule has 0 amide bonds. The molecule has 6 nitrogen and oxygen atoms in total. The molecule has 17 heavy (non-hydrogen) atoms. The molecule has 0 atom stereocenters. The van der Waals surface area contributed by atoms with Gasteiger partial charge in [0.05, 0.1) is 5.41 Å². The minimum Gasteiger partial charge on any atom is -0.481 e. The van der Waals surface area contributed by atoms with E-state index in [1.54, 1.807) is 0 Å². The maximum Gasteiger partial charge on any atom is 0.322 e. The summed E-state index contributed by atoms with van der Waals surface area (Å²) in [4.78, 5) is 34.0. The van der Waals surface area contributed by atoms with Gasteiger partial charge in [0, 0.05) is 0 Å². The average molecular weight is 246 g/mol. The van der Waals surface area contributed by atoms with Crippen molar-refractivity contribution in [1.29, 1.82) is 0 Å². The van der Waals surface area contributed by atoms with E-state index in [-0.39, 0.29) is 19.3 Å². The highest BCUT2D eigenvalue weighted by atomic mass is 16.4. The lowest BCUT2D eigenvalue weighted by Gasteiger charge is -2.40. The summed E-state index contributed by atoms with van der Waals surface area (Å²) in [5.41, 5.74) is -4.08. The van der Waals surface area contributed by atoms with E-state index in [4.69, 9.17) is 0 Å². The zero-order valence-electron chi connectivity index (χ0n) is 10.2. The Kier molecular flexibility index (Phi) is 4.68. The Morgan fingerprint density at radius 1 is 0.765 bits per heavy atom. The summed E-state index contributed by atoms with van der Waals surface area (Å²) in [7, 11) is 0. The largest absolute Gasteiger partial charge is 0.481 e. The molecule has 0 heterocycles. The van der Waals surface area contributed by atoms with Gasteiger partial charge in [-0.25, -0.2) is 0 Å². The smallest absolute Gasteiger partial charge is 0.322 e. The van der Waals surface area contributed by atoms with Crippen LogP contribution in [-0.2, 0) is 14.4 Å². The third-order valence-electron chi connectivity index (χ3n) is 3.69. The van der Waals surface area contributed by atoms with Crippen LogP contribution in [0.5, 0.6) is 0 Å². The third kappa shape index (κ3) is 1.87. The minimum atomic E-state index is -2.29. The molecule has 0 saturated heterocycles. The van der Waals surface area contributed by atoms with Gasteiger partial charge in [0.15, 0.2) is 5.41 Å². The lowest BCUT2D eigenvalue weighted by molar-refractivity contribution is -0.188. The van der Waals surface area contributed by atoms with Crippen molar-refractivity contribution in [2.45, 2.75) is 40.0 Å². The van der Waals surface area contributed by atoms with Crippen LogP contribution in [0.3, 0.4) is 0 Å². The Bertz CT molecular complexity index is 315. The topological polar surface area (TPSA) is 112 Å². The van der Waals surface area contributed by atoms with Gasteiger partial charge in [-0.05, 0) is 19.3 Å². The number of rotatable bonds is 7. The van der Waals surface area contributed by atoms with Crippen LogP contribution in [-0.4, -0.2) is 33.2 Å². The summed E-state index contributed by atoms with van der Waals surface area (Å²) in [5.74, 6) is -4.58. The van der Waals surface area contributed by atoms with Crippen LogP contribution in [0.4, 0.5) is 0 Å². The maximum absolute atomic E-state index is 11.4. The van der Waals surface area contributed by atoms with Crippen molar-refractivity contribution >= 4 is 17.9 Å². The number of carboxylic acid groups (broad SMARTS) is 3. The lowest BCUT2D eigenvalue weighted by atomic mass is 9.58. The molecular formula is C11H18O6. The summed E-state index contributed by atoms with van der Waals surface area (Å²) >= 11 is 0. The Morgan fingerprint density at radius 2 is 1.12 bits per heavy atom. The third-order valence-corrected chi connectivity index (χ3v) is 3.69. The van der Waals surface area contributed by atoms with E-state index in [1.165, 1.54) is 20.8 Å². The molecule has 0 aromatic carbocycles. The highest BCUT2D eigenvalue weighted by Gasteiger charge is 2.63. The first-order chi connectivity index (χ1) is 7.76. The Hall–Kier alpha value is -1.59. The van der Waals surface area contributed by atoms with Crippen LogP contribution >= 0.6 is 0 Å². The van der Waals surface area contributed by atoms with E-state index in [1.807, 2.05) is 0 Å². The molecule has 0 aliphatic carbocycles. The van der Waals surface area contributed by atoms with Gasteiger partial charge in [0.1, 0.15) is 0 Å². The van der Waals surface area contributed by atoms with E-state index in [2.05, 4.69) is 0 Å². The lowest BCUT2D eigenvalue weighted by Crippen LogP contribution is -2.56. The van der Waals surface area contributed by atoms with Crippen molar-refractivity contribution < 1.29 is 29.7 Å². The minimum absolute atomic E-state index is 0.0503. The van der Waals surface area contributed by atoms with E-state index >= 15 is 0 Å². The van der Waals surface area contributed by atoms with Crippen LogP contribution in [0, 0.1) is 10.8 Å². The first kappa shape index (κ1) is 15.4. The highest BCUT2D eigenvalue weighted by molar-refractivity contribution is 6.03. The quantitative estimate of drug-likeness (QED) is 0.586. The van der Waals surface area contributed by atoms with E-state index in [0.29, 0.717) is 0 Å². The summed E-state index contributed by atoms with van der Waals surface area (Å²) in [6.07, 6.45) is -0.373. The molecule has 0 aliphatic rings. The van der Waals surface area contributed by atoms with Crippen LogP contribution in [0.25, 0.3) is 0 Å². The molecule has 98 valence electrons. The molecule has 6 heteroatoms. The van der Waals surface area contributed by atoms with Crippen molar-refractivity contribution in [3.63, 3.8) is 0 Å². The molecule has 0 saturated carbocycles. The second-order valence-electron chi connectivity index (χ2n) is 3.96. The fourth-order valence-corrected chi connectivity index (χ4v) is 2.48. The first-order valence-electron chi connectivity index (χ1n) is 5.47. The average Bonchev–Trinajstić information content (AvgIpc) is 2.24. The maximum atomic E-state index is 11.4. The van der Waals surface area contributed by atoms with Crippen LogP contribution in [0.1, 0.15) is 40.0 Å². The molecule has 0 aromatic heterocycles. The van der Waals surface area contributed by atoms with Gasteiger partial charge in [-0.2, -0.15) is 0 Å². The molecule has 0 rings (SSSR count). The fraction of sp³-hybridized carbons (Fsp3) is 0.727. The molecule has 0 aliphatic heterocycles. The normalized spacial score (nSPS) is 12.2. The number of carbonyl (C=O) groups is 3. The van der Waals surface area contributed by atoms with Crippen molar-refractivity contribution in [2.75, 3.05) is 0 Å². The highest BCUT2D eigenvalue weighted by Crippen LogP contribution is 2.48. The van der Waals surface area contributed by atoms with Crippen LogP contribution in [0.2, 0.25) is 0 Å². The van der Waals surface area contributed by atoms with E-state index in [9.17, 15) is 29.7 Å². The molecule has 0 aromatic rings. The van der Waals surface area contributed by atoms with Crippen molar-refractivity contribution in [3.05, 3.63) is 0 Å². The van der Waals surface area contributed by atoms with Gasteiger partial charge in [0.25, 0.3) is 0 Å². The molecule has 0 unspecified atom stereocenters. The molecular weight excluding hydrogens is 228 g/mol. The molecule has 0 radical (unpaired) electrons. The summed E-state index contributed by atoms with van der Waals surface area (Å²) < 4.78 is 0. The summed E-state index contributed by atoms with van der Waals surface area (Å²) in [6, 6.07) is 0. The number of aliphatic carboxylic acids is 3. The standard InChI is InChI=1S/C11H18O6/c1-4-10(5-2,7(12)13)11(6-3,8(14)15)9(16)17/h4-6H2,1-3H3,(H,12,13)(H,14,15)(H,16,17). The van der Waals surface area contributed by atoms with Gasteiger partial charge < -0.3 is 15.3 Å². The number of carboxylic acids is 3. The van der Waals surface area contributed by atoms with Crippen LogP contribution in [0.15, 0.2) is 0 Å². The van der Waals surface area contributed by atoms with E-state index < -0.39 is 28.7 Å².